The Morgan fingerprint density at radius 2 is 1.84 bits per heavy atom. The van der Waals surface area contributed by atoms with Gasteiger partial charge in [0.1, 0.15) is 11.4 Å². The lowest BCUT2D eigenvalue weighted by molar-refractivity contribution is -0.383. The molecule has 0 bridgehead atoms. The fourth-order valence-corrected chi connectivity index (χ4v) is 1.75. The monoisotopic (exact) mass is 267 g/mol. The lowest BCUT2D eigenvalue weighted by Crippen LogP contribution is -2.08. The number of hydrogen-bond donors (Lipinski definition) is 3. The van der Waals surface area contributed by atoms with Gasteiger partial charge in [-0.2, -0.15) is 0 Å². The predicted octanol–water partition coefficient (Wildman–Crippen LogP) is 2.60. The van der Waals surface area contributed by atoms with Crippen LogP contribution in [0.3, 0.4) is 0 Å². The molecule has 0 heterocycles. The van der Waals surface area contributed by atoms with Crippen molar-refractivity contribution in [1.29, 1.82) is 0 Å². The number of hydrogen-bond acceptors (Lipinski definition) is 5. The third-order valence-corrected chi connectivity index (χ3v) is 2.68. The zero-order valence-corrected chi connectivity index (χ0v) is 11.2. The van der Waals surface area contributed by atoms with Crippen LogP contribution in [0.5, 0.6) is 0 Å². The van der Waals surface area contributed by atoms with Crippen molar-refractivity contribution in [1.82, 2.24) is 0 Å². The Bertz CT molecular complexity index is 410. The lowest BCUT2D eigenvalue weighted by Gasteiger charge is -2.11. The third-order valence-electron chi connectivity index (χ3n) is 2.68. The van der Waals surface area contributed by atoms with Gasteiger partial charge in [-0.25, -0.2) is 0 Å². The number of nitrogens with zero attached hydrogens (tertiary/aromatic N) is 1. The summed E-state index contributed by atoms with van der Waals surface area (Å²) in [7, 11) is 0. The summed E-state index contributed by atoms with van der Waals surface area (Å²) in [5.74, 6) is 0. The molecule has 1 aromatic rings. The Labute approximate surface area is 113 Å². The molecule has 0 aromatic heterocycles. The van der Waals surface area contributed by atoms with Crippen molar-refractivity contribution in [3.8, 4) is 0 Å². The maximum atomic E-state index is 11.2. The Kier molecular flexibility index (Phi) is 6.67. The number of benzene rings is 1. The molecule has 0 aliphatic heterocycles. The summed E-state index contributed by atoms with van der Waals surface area (Å²) in [5.41, 5.74) is 1.14. The van der Waals surface area contributed by atoms with Crippen molar-refractivity contribution in [2.75, 3.05) is 30.3 Å². The number of nitro groups is 1. The second kappa shape index (κ2) is 8.31. The number of anilines is 2. The SMILES string of the molecule is CCCNc1cccc(NCCCCO)c1[N+](=O)[O-]. The number of aliphatic hydroxyl groups is 1. The van der Waals surface area contributed by atoms with E-state index in [0.717, 1.165) is 12.8 Å². The van der Waals surface area contributed by atoms with Gasteiger partial charge < -0.3 is 15.7 Å². The van der Waals surface area contributed by atoms with Crippen molar-refractivity contribution in [2.45, 2.75) is 26.2 Å². The topological polar surface area (TPSA) is 87.4 Å². The van der Waals surface area contributed by atoms with Gasteiger partial charge in [0.2, 0.25) is 0 Å². The largest absolute Gasteiger partial charge is 0.396 e. The number of aliphatic hydroxyl groups excluding tert-OH is 1. The lowest BCUT2D eigenvalue weighted by atomic mass is 10.2. The maximum Gasteiger partial charge on any atom is 0.315 e. The van der Waals surface area contributed by atoms with E-state index in [0.29, 0.717) is 30.9 Å². The van der Waals surface area contributed by atoms with Crippen LogP contribution in [0.2, 0.25) is 0 Å². The number of nitro benzene ring substituents is 1. The summed E-state index contributed by atoms with van der Waals surface area (Å²) < 4.78 is 0. The van der Waals surface area contributed by atoms with E-state index in [9.17, 15) is 10.1 Å². The van der Waals surface area contributed by atoms with Crippen molar-refractivity contribution in [2.24, 2.45) is 0 Å². The molecule has 1 aromatic carbocycles. The van der Waals surface area contributed by atoms with Crippen LogP contribution in [-0.2, 0) is 0 Å². The molecule has 3 N–H and O–H groups in total. The first-order valence-electron chi connectivity index (χ1n) is 6.56. The van der Waals surface area contributed by atoms with Gasteiger partial charge in [-0.3, -0.25) is 10.1 Å². The summed E-state index contributed by atoms with van der Waals surface area (Å²) >= 11 is 0. The molecule has 0 saturated heterocycles. The molecule has 0 radical (unpaired) electrons. The van der Waals surface area contributed by atoms with Crippen LogP contribution in [-0.4, -0.2) is 29.7 Å². The van der Waals surface area contributed by atoms with Gasteiger partial charge in [0.15, 0.2) is 0 Å². The summed E-state index contributed by atoms with van der Waals surface area (Å²) in [6.07, 6.45) is 2.38. The first-order valence-corrected chi connectivity index (χ1v) is 6.56. The zero-order chi connectivity index (χ0) is 14.1. The van der Waals surface area contributed by atoms with Crippen LogP contribution < -0.4 is 10.6 Å². The molecule has 1 rings (SSSR count). The van der Waals surface area contributed by atoms with Crippen LogP contribution >= 0.6 is 0 Å². The molecule has 0 atom stereocenters. The van der Waals surface area contributed by atoms with E-state index in [4.69, 9.17) is 5.11 Å². The van der Waals surface area contributed by atoms with Crippen LogP contribution in [0.15, 0.2) is 18.2 Å². The van der Waals surface area contributed by atoms with E-state index in [1.807, 2.05) is 6.92 Å². The van der Waals surface area contributed by atoms with E-state index < -0.39 is 0 Å². The number of rotatable bonds is 9. The molecule has 19 heavy (non-hydrogen) atoms. The highest BCUT2D eigenvalue weighted by molar-refractivity contribution is 5.76. The molecule has 0 saturated carbocycles. The fraction of sp³-hybridized carbons (Fsp3) is 0.538. The molecule has 0 fully saturated rings. The van der Waals surface area contributed by atoms with E-state index >= 15 is 0 Å². The highest BCUT2D eigenvalue weighted by Crippen LogP contribution is 2.32. The highest BCUT2D eigenvalue weighted by atomic mass is 16.6. The van der Waals surface area contributed by atoms with Crippen molar-refractivity contribution in [3.63, 3.8) is 0 Å². The maximum absolute atomic E-state index is 11.2. The Morgan fingerprint density at radius 3 is 2.37 bits per heavy atom. The quantitative estimate of drug-likeness (QED) is 0.363. The minimum absolute atomic E-state index is 0.0833. The van der Waals surface area contributed by atoms with E-state index in [1.165, 1.54) is 0 Å². The molecular formula is C13H21N3O3. The molecule has 6 heteroatoms. The van der Waals surface area contributed by atoms with Gasteiger partial charge >= 0.3 is 5.69 Å². The predicted molar refractivity (Wildman–Crippen MR) is 76.7 cm³/mol. The van der Waals surface area contributed by atoms with Crippen molar-refractivity contribution >= 4 is 17.1 Å². The van der Waals surface area contributed by atoms with Gasteiger partial charge in [-0.05, 0) is 31.4 Å². The Balaban J connectivity index is 2.80. The van der Waals surface area contributed by atoms with Crippen LogP contribution in [0.4, 0.5) is 17.1 Å². The van der Waals surface area contributed by atoms with Gasteiger partial charge in [-0.15, -0.1) is 0 Å². The first-order chi connectivity index (χ1) is 9.20. The summed E-state index contributed by atoms with van der Waals surface area (Å²) in [6, 6.07) is 5.21. The normalized spacial score (nSPS) is 10.2. The number of nitrogens with one attached hydrogen (secondary N) is 2. The zero-order valence-electron chi connectivity index (χ0n) is 11.2. The first kappa shape index (κ1) is 15.2. The molecule has 6 nitrogen and oxygen atoms in total. The van der Waals surface area contributed by atoms with Crippen LogP contribution in [0.25, 0.3) is 0 Å². The fourth-order valence-electron chi connectivity index (χ4n) is 1.75. The van der Waals surface area contributed by atoms with Crippen LogP contribution in [0.1, 0.15) is 26.2 Å². The summed E-state index contributed by atoms with van der Waals surface area (Å²) in [6.45, 7) is 3.46. The second-order valence-corrected chi connectivity index (χ2v) is 4.24. The molecule has 106 valence electrons. The smallest absolute Gasteiger partial charge is 0.315 e. The molecular weight excluding hydrogens is 246 g/mol. The van der Waals surface area contributed by atoms with Crippen molar-refractivity contribution in [3.05, 3.63) is 28.3 Å². The van der Waals surface area contributed by atoms with E-state index in [1.54, 1.807) is 18.2 Å². The second-order valence-electron chi connectivity index (χ2n) is 4.24. The summed E-state index contributed by atoms with van der Waals surface area (Å²) in [4.78, 5) is 10.8. The molecule has 0 amide bonds. The van der Waals surface area contributed by atoms with E-state index in [2.05, 4.69) is 10.6 Å². The number of unbranched alkanes of at least 4 members (excludes halogenated alkanes) is 1. The molecule has 0 aliphatic carbocycles. The number of para-hydroxylation sites is 1. The standard InChI is InChI=1S/C13H21N3O3/c1-2-8-14-11-6-5-7-12(13(11)16(18)19)15-9-3-4-10-17/h5-7,14-15,17H,2-4,8-10H2,1H3. The minimum atomic E-state index is -0.369. The van der Waals surface area contributed by atoms with Crippen LogP contribution in [0, 0.1) is 10.1 Å². The third kappa shape index (κ3) is 4.75. The Hall–Kier alpha value is -1.82. The van der Waals surface area contributed by atoms with Gasteiger partial charge in [0, 0.05) is 19.7 Å². The highest BCUT2D eigenvalue weighted by Gasteiger charge is 2.18. The minimum Gasteiger partial charge on any atom is -0.396 e. The molecule has 0 aliphatic rings. The molecule has 0 spiro atoms. The Morgan fingerprint density at radius 1 is 1.21 bits per heavy atom. The molecule has 0 unspecified atom stereocenters. The van der Waals surface area contributed by atoms with E-state index in [-0.39, 0.29) is 17.2 Å². The summed E-state index contributed by atoms with van der Waals surface area (Å²) in [5, 5.41) is 26.0. The van der Waals surface area contributed by atoms with Crippen molar-refractivity contribution < 1.29 is 10.0 Å². The average Bonchev–Trinajstić information content (AvgIpc) is 2.41. The average molecular weight is 267 g/mol. The van der Waals surface area contributed by atoms with Gasteiger partial charge in [0.05, 0.1) is 4.92 Å². The van der Waals surface area contributed by atoms with Gasteiger partial charge in [0.25, 0.3) is 0 Å². The van der Waals surface area contributed by atoms with Gasteiger partial charge in [-0.1, -0.05) is 13.0 Å².